The van der Waals surface area contributed by atoms with Crippen molar-refractivity contribution in [2.75, 3.05) is 11.1 Å². The van der Waals surface area contributed by atoms with Crippen LogP contribution in [0.3, 0.4) is 0 Å². The lowest BCUT2D eigenvalue weighted by atomic mass is 10.1. The quantitative estimate of drug-likeness (QED) is 0.619. The largest absolute Gasteiger partial charge is 0.349 e. The zero-order chi connectivity index (χ0) is 19.5. The lowest BCUT2D eigenvalue weighted by molar-refractivity contribution is -0.113. The van der Waals surface area contributed by atoms with E-state index in [1.54, 1.807) is 18.2 Å². The summed E-state index contributed by atoms with van der Waals surface area (Å²) in [6.07, 6.45) is 2.01. The molecule has 0 unspecified atom stereocenters. The first kappa shape index (κ1) is 18.4. The first-order valence-corrected chi connectivity index (χ1v) is 9.96. The molecular weight excluding hydrogens is 377 g/mol. The van der Waals surface area contributed by atoms with Gasteiger partial charge in [-0.1, -0.05) is 42.1 Å². The Bertz CT molecular complexity index is 1050. The average molecular weight is 395 g/mol. The summed E-state index contributed by atoms with van der Waals surface area (Å²) < 4.78 is 13.7. The molecule has 2 aromatic carbocycles. The number of hydrogen-bond acceptors (Lipinski definition) is 4. The summed E-state index contributed by atoms with van der Waals surface area (Å²) >= 11 is 1.21. The first-order chi connectivity index (χ1) is 13.6. The molecule has 0 atom stereocenters. The van der Waals surface area contributed by atoms with Gasteiger partial charge < -0.3 is 10.6 Å². The number of carbonyl (C=O) groups excluding carboxylic acids is 2. The van der Waals surface area contributed by atoms with Gasteiger partial charge in [0.2, 0.25) is 5.91 Å². The van der Waals surface area contributed by atoms with Crippen molar-refractivity contribution in [1.82, 2.24) is 10.3 Å². The molecular formula is C21H18FN3O2S. The highest BCUT2D eigenvalue weighted by atomic mass is 32.2. The van der Waals surface area contributed by atoms with Gasteiger partial charge in [0, 0.05) is 11.4 Å². The highest BCUT2D eigenvalue weighted by molar-refractivity contribution is 7.99. The fourth-order valence-electron chi connectivity index (χ4n) is 2.79. The number of amides is 2. The topological polar surface area (TPSA) is 71.1 Å². The first-order valence-electron chi connectivity index (χ1n) is 8.98. The monoisotopic (exact) mass is 395 g/mol. The van der Waals surface area contributed by atoms with Crippen LogP contribution in [0.25, 0.3) is 10.9 Å². The predicted molar refractivity (Wildman–Crippen MR) is 108 cm³/mol. The third-order valence-electron chi connectivity index (χ3n) is 4.35. The second-order valence-corrected chi connectivity index (χ2v) is 7.59. The van der Waals surface area contributed by atoms with E-state index in [0.29, 0.717) is 16.1 Å². The minimum Gasteiger partial charge on any atom is -0.349 e. The van der Waals surface area contributed by atoms with E-state index < -0.39 is 5.82 Å². The van der Waals surface area contributed by atoms with Crippen molar-refractivity contribution < 1.29 is 14.0 Å². The summed E-state index contributed by atoms with van der Waals surface area (Å²) in [5.74, 6) is -0.889. The van der Waals surface area contributed by atoms with E-state index in [-0.39, 0.29) is 29.3 Å². The molecule has 28 heavy (non-hydrogen) atoms. The van der Waals surface area contributed by atoms with Crippen molar-refractivity contribution in [3.05, 3.63) is 66.0 Å². The van der Waals surface area contributed by atoms with Crippen LogP contribution in [0, 0.1) is 5.82 Å². The number of halogens is 1. The molecule has 1 heterocycles. The van der Waals surface area contributed by atoms with Crippen molar-refractivity contribution in [3.63, 3.8) is 0 Å². The molecule has 0 saturated heterocycles. The van der Waals surface area contributed by atoms with E-state index in [1.165, 1.54) is 23.9 Å². The maximum atomic E-state index is 13.7. The molecule has 7 heteroatoms. The molecule has 5 nitrogen and oxygen atoms in total. The van der Waals surface area contributed by atoms with Gasteiger partial charge in [-0.15, -0.1) is 0 Å². The van der Waals surface area contributed by atoms with Crippen LogP contribution in [-0.4, -0.2) is 28.6 Å². The number of pyridine rings is 1. The molecule has 142 valence electrons. The van der Waals surface area contributed by atoms with Crippen molar-refractivity contribution in [2.24, 2.45) is 0 Å². The number of aromatic nitrogens is 1. The van der Waals surface area contributed by atoms with Gasteiger partial charge in [0.15, 0.2) is 0 Å². The molecule has 1 fully saturated rings. The minimum absolute atomic E-state index is 0.0589. The second-order valence-electron chi connectivity index (χ2n) is 6.59. The summed E-state index contributed by atoms with van der Waals surface area (Å²) in [5.41, 5.74) is 1.39. The molecule has 2 amide bonds. The molecule has 1 saturated carbocycles. The van der Waals surface area contributed by atoms with Crippen molar-refractivity contribution in [1.29, 1.82) is 0 Å². The van der Waals surface area contributed by atoms with Crippen LogP contribution in [-0.2, 0) is 4.79 Å². The van der Waals surface area contributed by atoms with Crippen LogP contribution < -0.4 is 10.6 Å². The van der Waals surface area contributed by atoms with E-state index >= 15 is 0 Å². The standard InChI is InChI=1S/C21H18FN3O2S/c22-16-6-2-4-8-18(16)24-19(26)12-28-20-11-15(21(27)23-13-9-10-13)14-5-1-3-7-17(14)25-20/h1-8,11,13H,9-10,12H2,(H,23,27)(H,24,26). The van der Waals surface area contributed by atoms with Crippen molar-refractivity contribution in [2.45, 2.75) is 23.9 Å². The maximum Gasteiger partial charge on any atom is 0.252 e. The highest BCUT2D eigenvalue weighted by Gasteiger charge is 2.25. The Balaban J connectivity index is 1.51. The van der Waals surface area contributed by atoms with Gasteiger partial charge in [-0.25, -0.2) is 9.37 Å². The Hall–Kier alpha value is -2.93. The third-order valence-corrected chi connectivity index (χ3v) is 5.26. The molecule has 0 spiro atoms. The zero-order valence-electron chi connectivity index (χ0n) is 14.9. The summed E-state index contributed by atoms with van der Waals surface area (Å²) in [4.78, 5) is 29.3. The third kappa shape index (κ3) is 4.31. The van der Waals surface area contributed by atoms with Crippen LogP contribution in [0.4, 0.5) is 10.1 Å². The SMILES string of the molecule is O=C(CSc1cc(C(=O)NC2CC2)c2ccccc2n1)Nc1ccccc1F. The fourth-order valence-corrected chi connectivity index (χ4v) is 3.51. The van der Waals surface area contributed by atoms with Gasteiger partial charge in [0.25, 0.3) is 5.91 Å². The number of para-hydroxylation sites is 2. The van der Waals surface area contributed by atoms with Gasteiger partial charge in [0.05, 0.1) is 27.5 Å². The highest BCUT2D eigenvalue weighted by Crippen LogP contribution is 2.26. The number of thioether (sulfide) groups is 1. The van der Waals surface area contributed by atoms with Crippen molar-refractivity contribution in [3.8, 4) is 0 Å². The molecule has 3 aromatic rings. The molecule has 4 rings (SSSR count). The molecule has 0 aliphatic heterocycles. The Morgan fingerprint density at radius 2 is 1.86 bits per heavy atom. The van der Waals surface area contributed by atoms with E-state index in [9.17, 15) is 14.0 Å². The Morgan fingerprint density at radius 3 is 2.64 bits per heavy atom. The van der Waals surface area contributed by atoms with Crippen LogP contribution in [0.2, 0.25) is 0 Å². The van der Waals surface area contributed by atoms with Crippen LogP contribution in [0.1, 0.15) is 23.2 Å². The van der Waals surface area contributed by atoms with Crippen LogP contribution in [0.5, 0.6) is 0 Å². The smallest absolute Gasteiger partial charge is 0.252 e. The number of hydrogen-bond donors (Lipinski definition) is 2. The van der Waals surface area contributed by atoms with E-state index in [0.717, 1.165) is 18.2 Å². The summed E-state index contributed by atoms with van der Waals surface area (Å²) in [6.45, 7) is 0. The van der Waals surface area contributed by atoms with E-state index in [4.69, 9.17) is 0 Å². The van der Waals surface area contributed by atoms with E-state index in [2.05, 4.69) is 15.6 Å². The summed E-state index contributed by atoms with van der Waals surface area (Å²) in [6, 6.07) is 15.4. The molecule has 1 aromatic heterocycles. The Kier molecular flexibility index (Phi) is 5.25. The number of benzene rings is 2. The minimum atomic E-state index is -0.483. The average Bonchev–Trinajstić information content (AvgIpc) is 3.51. The maximum absolute atomic E-state index is 13.7. The van der Waals surface area contributed by atoms with Crippen LogP contribution >= 0.6 is 11.8 Å². The number of carbonyl (C=O) groups is 2. The number of nitrogens with zero attached hydrogens (tertiary/aromatic N) is 1. The van der Waals surface area contributed by atoms with Gasteiger partial charge in [-0.05, 0) is 37.1 Å². The fraction of sp³-hybridized carbons (Fsp3) is 0.190. The molecule has 2 N–H and O–H groups in total. The van der Waals surface area contributed by atoms with Crippen LogP contribution in [0.15, 0.2) is 59.6 Å². The molecule has 1 aliphatic carbocycles. The molecule has 0 bridgehead atoms. The van der Waals surface area contributed by atoms with Gasteiger partial charge in [0.1, 0.15) is 5.82 Å². The Labute approximate surface area is 165 Å². The molecule has 1 aliphatic rings. The second kappa shape index (κ2) is 7.98. The summed E-state index contributed by atoms with van der Waals surface area (Å²) in [5, 5.41) is 6.89. The van der Waals surface area contributed by atoms with Gasteiger partial charge >= 0.3 is 0 Å². The van der Waals surface area contributed by atoms with Gasteiger partial charge in [-0.2, -0.15) is 0 Å². The number of fused-ring (bicyclic) bond motifs is 1. The summed E-state index contributed by atoms with van der Waals surface area (Å²) in [7, 11) is 0. The van der Waals surface area contributed by atoms with Gasteiger partial charge in [-0.3, -0.25) is 9.59 Å². The number of rotatable bonds is 6. The zero-order valence-corrected chi connectivity index (χ0v) is 15.8. The number of nitrogens with one attached hydrogen (secondary N) is 2. The normalized spacial score (nSPS) is 13.3. The van der Waals surface area contributed by atoms with E-state index in [1.807, 2.05) is 24.3 Å². The number of anilines is 1. The predicted octanol–water partition coefficient (Wildman–Crippen LogP) is 4.00. The lowest BCUT2D eigenvalue weighted by Gasteiger charge is -2.10. The molecule has 0 radical (unpaired) electrons. The van der Waals surface area contributed by atoms with Crippen molar-refractivity contribution >= 4 is 40.2 Å². The Morgan fingerprint density at radius 1 is 1.11 bits per heavy atom. The lowest BCUT2D eigenvalue weighted by Crippen LogP contribution is -2.25.